The number of nitrogens with zero attached hydrogens (tertiary/aromatic N) is 4. The van der Waals surface area contributed by atoms with Gasteiger partial charge in [0.2, 0.25) is 5.88 Å². The van der Waals surface area contributed by atoms with Crippen LogP contribution in [-0.2, 0) is 7.05 Å². The maximum atomic E-state index is 9.59. The normalized spacial score (nSPS) is 16.6. The van der Waals surface area contributed by atoms with Gasteiger partial charge < -0.3 is 15.0 Å². The van der Waals surface area contributed by atoms with Gasteiger partial charge in [-0.2, -0.15) is 5.26 Å². The smallest absolute Gasteiger partial charge is 0.205 e. The molecular formula is C17H12BrN5O. The molecule has 2 aromatic heterocycles. The lowest BCUT2D eigenvalue weighted by molar-refractivity contribution is 0.397. The standard InChI is InChI=1S/C17H12BrN5O/c1-23-8-22-15-13(23)3-2-11-14(9-4-10(18)7-21-6-9)12(5-19)17(20)24-16(11)15/h2-4,6-8,14H,20H2,1H3. The monoisotopic (exact) mass is 381 g/mol. The zero-order chi connectivity index (χ0) is 16.8. The number of benzene rings is 1. The number of aromatic nitrogens is 3. The number of fused-ring (bicyclic) bond motifs is 3. The highest BCUT2D eigenvalue weighted by Crippen LogP contribution is 2.44. The van der Waals surface area contributed by atoms with E-state index in [9.17, 15) is 5.26 Å². The number of allylic oxidation sites excluding steroid dienone is 1. The van der Waals surface area contributed by atoms with E-state index in [1.165, 1.54) is 0 Å². The fourth-order valence-electron chi connectivity index (χ4n) is 3.04. The predicted octanol–water partition coefficient (Wildman–Crippen LogP) is 2.95. The van der Waals surface area contributed by atoms with Crippen LogP contribution in [0, 0.1) is 11.3 Å². The molecule has 4 rings (SSSR count). The third kappa shape index (κ3) is 2.07. The zero-order valence-electron chi connectivity index (χ0n) is 12.7. The number of hydrogen-bond acceptors (Lipinski definition) is 5. The van der Waals surface area contributed by atoms with Crippen LogP contribution in [-0.4, -0.2) is 14.5 Å². The van der Waals surface area contributed by atoms with Gasteiger partial charge in [0.15, 0.2) is 5.75 Å². The van der Waals surface area contributed by atoms with Gasteiger partial charge in [-0.15, -0.1) is 0 Å². The van der Waals surface area contributed by atoms with Crippen LogP contribution in [0.3, 0.4) is 0 Å². The van der Waals surface area contributed by atoms with Crippen molar-refractivity contribution in [3.8, 4) is 11.8 Å². The maximum Gasteiger partial charge on any atom is 0.205 e. The fraction of sp³-hybridized carbons (Fsp3) is 0.118. The zero-order valence-corrected chi connectivity index (χ0v) is 14.3. The largest absolute Gasteiger partial charge is 0.438 e. The average molecular weight is 382 g/mol. The summed E-state index contributed by atoms with van der Waals surface area (Å²) in [7, 11) is 1.92. The topological polar surface area (TPSA) is 89.8 Å². The molecule has 0 saturated heterocycles. The Balaban J connectivity index is 2.02. The molecule has 1 aliphatic heterocycles. The number of nitrogens with two attached hydrogens (primary N) is 1. The van der Waals surface area contributed by atoms with E-state index in [0.29, 0.717) is 11.3 Å². The van der Waals surface area contributed by atoms with Crippen LogP contribution < -0.4 is 10.5 Å². The predicted molar refractivity (Wildman–Crippen MR) is 91.9 cm³/mol. The van der Waals surface area contributed by atoms with Crippen molar-refractivity contribution < 1.29 is 4.74 Å². The molecule has 0 bridgehead atoms. The van der Waals surface area contributed by atoms with Gasteiger partial charge in [-0.3, -0.25) is 4.98 Å². The Labute approximate surface area is 146 Å². The van der Waals surface area contributed by atoms with Gasteiger partial charge >= 0.3 is 0 Å². The van der Waals surface area contributed by atoms with Crippen LogP contribution in [0.1, 0.15) is 17.0 Å². The Bertz CT molecular complexity index is 1050. The van der Waals surface area contributed by atoms with Crippen LogP contribution in [0.25, 0.3) is 11.0 Å². The first-order chi connectivity index (χ1) is 11.6. The molecule has 0 radical (unpaired) electrons. The van der Waals surface area contributed by atoms with Gasteiger partial charge in [0, 0.05) is 29.5 Å². The molecule has 3 heterocycles. The minimum atomic E-state index is -0.338. The number of halogens is 1. The highest BCUT2D eigenvalue weighted by Gasteiger charge is 2.32. The average Bonchev–Trinajstić information content (AvgIpc) is 2.95. The lowest BCUT2D eigenvalue weighted by Gasteiger charge is -2.26. The van der Waals surface area contributed by atoms with Crippen molar-refractivity contribution >= 4 is 27.0 Å². The molecule has 24 heavy (non-hydrogen) atoms. The minimum absolute atomic E-state index is 0.105. The molecule has 0 spiro atoms. The highest BCUT2D eigenvalue weighted by atomic mass is 79.9. The van der Waals surface area contributed by atoms with Gasteiger partial charge in [0.25, 0.3) is 0 Å². The molecular weight excluding hydrogens is 370 g/mol. The van der Waals surface area contributed by atoms with Crippen molar-refractivity contribution in [2.45, 2.75) is 5.92 Å². The molecule has 0 fully saturated rings. The number of nitriles is 1. The van der Waals surface area contributed by atoms with Crippen LogP contribution in [0.4, 0.5) is 0 Å². The molecule has 1 unspecified atom stereocenters. The van der Waals surface area contributed by atoms with E-state index in [2.05, 4.69) is 32.0 Å². The van der Waals surface area contributed by atoms with Gasteiger partial charge in [-0.1, -0.05) is 6.07 Å². The van der Waals surface area contributed by atoms with Crippen molar-refractivity contribution in [2.24, 2.45) is 12.8 Å². The fourth-order valence-corrected chi connectivity index (χ4v) is 3.42. The van der Waals surface area contributed by atoms with Crippen molar-refractivity contribution in [1.82, 2.24) is 14.5 Å². The van der Waals surface area contributed by atoms with Crippen LogP contribution in [0.15, 0.2) is 52.8 Å². The van der Waals surface area contributed by atoms with E-state index in [4.69, 9.17) is 10.5 Å². The van der Waals surface area contributed by atoms with Crippen molar-refractivity contribution in [1.29, 1.82) is 5.26 Å². The molecule has 1 aliphatic rings. The summed E-state index contributed by atoms with van der Waals surface area (Å²) in [5.74, 6) is 0.359. The Morgan fingerprint density at radius 3 is 2.96 bits per heavy atom. The summed E-state index contributed by atoms with van der Waals surface area (Å²) in [6.07, 6.45) is 5.16. The number of aryl methyl sites for hydroxylation is 1. The third-order valence-electron chi connectivity index (χ3n) is 4.14. The molecule has 7 heteroatoms. The molecule has 1 aromatic carbocycles. The van der Waals surface area contributed by atoms with Crippen molar-refractivity contribution in [3.05, 3.63) is 64.0 Å². The molecule has 118 valence electrons. The van der Waals surface area contributed by atoms with E-state index >= 15 is 0 Å². The lowest BCUT2D eigenvalue weighted by Crippen LogP contribution is -2.21. The van der Waals surface area contributed by atoms with E-state index in [1.807, 2.05) is 29.8 Å². The second kappa shape index (κ2) is 5.35. The number of ether oxygens (including phenoxy) is 1. The first-order valence-electron chi connectivity index (χ1n) is 7.22. The van der Waals surface area contributed by atoms with Crippen LogP contribution in [0.2, 0.25) is 0 Å². The summed E-state index contributed by atoms with van der Waals surface area (Å²) in [6, 6.07) is 8.03. The second-order valence-corrected chi connectivity index (χ2v) is 6.48. The summed E-state index contributed by atoms with van der Waals surface area (Å²) in [5, 5.41) is 9.59. The molecule has 1 atom stereocenters. The number of rotatable bonds is 1. The molecule has 6 nitrogen and oxygen atoms in total. The van der Waals surface area contributed by atoms with Crippen molar-refractivity contribution in [3.63, 3.8) is 0 Å². The second-order valence-electron chi connectivity index (χ2n) is 5.57. The van der Waals surface area contributed by atoms with E-state index in [0.717, 1.165) is 26.6 Å². The van der Waals surface area contributed by atoms with Gasteiger partial charge in [-0.25, -0.2) is 4.98 Å². The van der Waals surface area contributed by atoms with E-state index in [-0.39, 0.29) is 11.8 Å². The Kier molecular flexibility index (Phi) is 3.28. The molecule has 0 amide bonds. The summed E-state index contributed by atoms with van der Waals surface area (Å²) in [4.78, 5) is 8.63. The third-order valence-corrected chi connectivity index (χ3v) is 4.57. The first-order valence-corrected chi connectivity index (χ1v) is 8.01. The molecule has 0 aliphatic carbocycles. The Morgan fingerprint density at radius 1 is 1.38 bits per heavy atom. The quantitative estimate of drug-likeness (QED) is 0.699. The van der Waals surface area contributed by atoms with Crippen LogP contribution in [0.5, 0.6) is 5.75 Å². The molecule has 0 saturated carbocycles. The summed E-state index contributed by atoms with van der Waals surface area (Å²) < 4.78 is 8.52. The molecule has 3 aromatic rings. The van der Waals surface area contributed by atoms with Gasteiger partial charge in [0.1, 0.15) is 17.2 Å². The Morgan fingerprint density at radius 2 is 2.21 bits per heavy atom. The Hall–Kier alpha value is -2.85. The summed E-state index contributed by atoms with van der Waals surface area (Å²) in [5.41, 5.74) is 9.79. The van der Waals surface area contributed by atoms with Gasteiger partial charge in [-0.05, 0) is 33.6 Å². The number of pyridine rings is 1. The minimum Gasteiger partial charge on any atom is -0.438 e. The number of imidazole rings is 1. The summed E-state index contributed by atoms with van der Waals surface area (Å²) in [6.45, 7) is 0. The highest BCUT2D eigenvalue weighted by molar-refractivity contribution is 9.10. The van der Waals surface area contributed by atoms with Crippen molar-refractivity contribution in [2.75, 3.05) is 0 Å². The lowest BCUT2D eigenvalue weighted by atomic mass is 9.84. The maximum absolute atomic E-state index is 9.59. The van der Waals surface area contributed by atoms with Crippen LogP contribution >= 0.6 is 15.9 Å². The van der Waals surface area contributed by atoms with E-state index in [1.54, 1.807) is 18.7 Å². The first kappa shape index (κ1) is 14.7. The molecule has 2 N–H and O–H groups in total. The summed E-state index contributed by atoms with van der Waals surface area (Å²) >= 11 is 3.43. The van der Waals surface area contributed by atoms with E-state index < -0.39 is 0 Å². The number of hydrogen-bond donors (Lipinski definition) is 1. The SMILES string of the molecule is Cn1cnc2c3c(ccc21)C(c1cncc(Br)c1)C(C#N)=C(N)O3. The van der Waals surface area contributed by atoms with Gasteiger partial charge in [0.05, 0.1) is 17.8 Å².